The quantitative estimate of drug-likeness (QED) is 0.817. The van der Waals surface area contributed by atoms with Crippen molar-refractivity contribution >= 4 is 5.91 Å². The maximum atomic E-state index is 11.6. The first-order valence-corrected chi connectivity index (χ1v) is 9.41. The maximum absolute atomic E-state index is 11.6. The van der Waals surface area contributed by atoms with Crippen molar-refractivity contribution in [3.05, 3.63) is 58.7 Å². The Kier molecular flexibility index (Phi) is 6.01. The van der Waals surface area contributed by atoms with Crippen LogP contribution in [0.2, 0.25) is 0 Å². The molecular formula is C22H29N2O3+. The topological polar surface area (TPSA) is 52.0 Å². The molecule has 0 aromatic heterocycles. The van der Waals surface area contributed by atoms with Gasteiger partial charge in [-0.2, -0.15) is 0 Å². The molecule has 0 aliphatic carbocycles. The van der Waals surface area contributed by atoms with Crippen molar-refractivity contribution in [1.82, 2.24) is 5.32 Å². The average Bonchev–Trinajstić information content (AvgIpc) is 2.67. The molecule has 0 radical (unpaired) electrons. The molecule has 2 aromatic carbocycles. The number of rotatable bonds is 6. The lowest BCUT2D eigenvalue weighted by molar-refractivity contribution is -0.945. The summed E-state index contributed by atoms with van der Waals surface area (Å²) in [4.78, 5) is 13.0. The Bertz CT molecular complexity index is 819. The van der Waals surface area contributed by atoms with Gasteiger partial charge in [0.2, 0.25) is 5.91 Å². The fourth-order valence-corrected chi connectivity index (χ4v) is 3.93. The number of fused-ring (bicyclic) bond motifs is 1. The molecule has 1 heterocycles. The van der Waals surface area contributed by atoms with E-state index in [0.29, 0.717) is 6.54 Å². The van der Waals surface area contributed by atoms with Gasteiger partial charge < -0.3 is 19.7 Å². The first-order chi connectivity index (χ1) is 13.0. The van der Waals surface area contributed by atoms with Gasteiger partial charge in [-0.3, -0.25) is 4.79 Å². The fourth-order valence-electron chi connectivity index (χ4n) is 3.93. The summed E-state index contributed by atoms with van der Waals surface area (Å²) in [5.41, 5.74) is 5.17. The zero-order valence-corrected chi connectivity index (χ0v) is 16.6. The van der Waals surface area contributed by atoms with Gasteiger partial charge in [0.1, 0.15) is 12.6 Å². The number of quaternary nitrogens is 1. The van der Waals surface area contributed by atoms with Crippen LogP contribution >= 0.6 is 0 Å². The van der Waals surface area contributed by atoms with Crippen LogP contribution in [-0.4, -0.2) is 33.2 Å². The minimum absolute atomic E-state index is 0.00200. The third-order valence-corrected chi connectivity index (χ3v) is 5.46. The molecule has 0 bridgehead atoms. The predicted molar refractivity (Wildman–Crippen MR) is 105 cm³/mol. The zero-order valence-electron chi connectivity index (χ0n) is 16.6. The number of methoxy groups -OCH3 is 2. The molecule has 0 spiro atoms. The Morgan fingerprint density at radius 1 is 1.19 bits per heavy atom. The van der Waals surface area contributed by atoms with E-state index in [0.717, 1.165) is 31.0 Å². The lowest BCUT2D eigenvalue weighted by Gasteiger charge is -2.35. The van der Waals surface area contributed by atoms with Gasteiger partial charge in [0, 0.05) is 24.5 Å². The van der Waals surface area contributed by atoms with Gasteiger partial charge >= 0.3 is 0 Å². The highest BCUT2D eigenvalue weighted by Gasteiger charge is 2.32. The molecular weight excluding hydrogens is 340 g/mol. The van der Waals surface area contributed by atoms with Gasteiger partial charge in [-0.05, 0) is 30.2 Å². The second-order valence-corrected chi connectivity index (χ2v) is 7.16. The lowest BCUT2D eigenvalue weighted by Crippen LogP contribution is -3.12. The Labute approximate surface area is 161 Å². The zero-order chi connectivity index (χ0) is 19.4. The van der Waals surface area contributed by atoms with E-state index in [2.05, 4.69) is 48.6 Å². The molecule has 5 heteroatoms. The summed E-state index contributed by atoms with van der Waals surface area (Å²) in [6, 6.07) is 12.9. The summed E-state index contributed by atoms with van der Waals surface area (Å²) < 4.78 is 11.0. The van der Waals surface area contributed by atoms with Gasteiger partial charge in [-0.15, -0.1) is 0 Å². The maximum Gasteiger partial charge on any atom is 0.217 e. The molecule has 0 saturated carbocycles. The molecule has 2 aromatic rings. The predicted octanol–water partition coefficient (Wildman–Crippen LogP) is 1.83. The smallest absolute Gasteiger partial charge is 0.217 e. The number of hydrogen-bond acceptors (Lipinski definition) is 3. The van der Waals surface area contributed by atoms with Crippen LogP contribution in [0.3, 0.4) is 0 Å². The number of aryl methyl sites for hydroxylation is 1. The highest BCUT2D eigenvalue weighted by molar-refractivity contribution is 5.72. The third-order valence-electron chi connectivity index (χ3n) is 5.46. The van der Waals surface area contributed by atoms with E-state index in [9.17, 15) is 4.79 Å². The second kappa shape index (κ2) is 8.44. The molecule has 1 aliphatic rings. The van der Waals surface area contributed by atoms with Crippen LogP contribution in [0.25, 0.3) is 0 Å². The number of ether oxygens (including phenoxy) is 2. The summed E-state index contributed by atoms with van der Waals surface area (Å²) in [5.74, 6) is 1.50. The highest BCUT2D eigenvalue weighted by Crippen LogP contribution is 2.34. The third kappa shape index (κ3) is 4.25. The summed E-state index contributed by atoms with van der Waals surface area (Å²) in [7, 11) is 3.32. The van der Waals surface area contributed by atoms with Crippen LogP contribution in [0, 0.1) is 6.92 Å². The van der Waals surface area contributed by atoms with Crippen molar-refractivity contribution in [2.24, 2.45) is 0 Å². The van der Waals surface area contributed by atoms with E-state index < -0.39 is 0 Å². The molecule has 3 rings (SSSR count). The Morgan fingerprint density at radius 3 is 2.56 bits per heavy atom. The number of amides is 1. The van der Waals surface area contributed by atoms with Crippen LogP contribution in [0.5, 0.6) is 11.5 Å². The first-order valence-electron chi connectivity index (χ1n) is 9.41. The summed E-state index contributed by atoms with van der Waals surface area (Å²) in [6.45, 7) is 6.29. The van der Waals surface area contributed by atoms with Gasteiger partial charge in [-0.25, -0.2) is 0 Å². The fraction of sp³-hybridized carbons (Fsp3) is 0.409. The van der Waals surface area contributed by atoms with E-state index in [1.165, 1.54) is 27.2 Å². The molecule has 144 valence electrons. The molecule has 1 unspecified atom stereocenters. The van der Waals surface area contributed by atoms with Crippen molar-refractivity contribution in [3.8, 4) is 11.5 Å². The van der Waals surface area contributed by atoms with Gasteiger partial charge in [0.25, 0.3) is 0 Å². The van der Waals surface area contributed by atoms with Crippen LogP contribution < -0.4 is 19.7 Å². The van der Waals surface area contributed by atoms with Gasteiger partial charge in [0.05, 0.1) is 27.3 Å². The van der Waals surface area contributed by atoms with E-state index in [1.54, 1.807) is 21.1 Å². The van der Waals surface area contributed by atoms with Crippen LogP contribution in [0.1, 0.15) is 35.2 Å². The Morgan fingerprint density at radius 2 is 1.89 bits per heavy atom. The number of benzene rings is 2. The van der Waals surface area contributed by atoms with E-state index in [-0.39, 0.29) is 11.9 Å². The number of hydrogen-bond donors (Lipinski definition) is 2. The SMILES string of the molecule is COc1cc2c(cc1OC)[C@H](CNC(C)=O)[NH+](Cc1ccccc1C)CC2. The van der Waals surface area contributed by atoms with Crippen molar-refractivity contribution < 1.29 is 19.2 Å². The minimum atomic E-state index is -0.00200. The second-order valence-electron chi connectivity index (χ2n) is 7.16. The molecule has 1 aliphatic heterocycles. The first kappa shape index (κ1) is 19.2. The van der Waals surface area contributed by atoms with E-state index >= 15 is 0 Å². The van der Waals surface area contributed by atoms with Crippen LogP contribution in [0.4, 0.5) is 0 Å². The molecule has 1 amide bonds. The monoisotopic (exact) mass is 369 g/mol. The highest BCUT2D eigenvalue weighted by atomic mass is 16.5. The molecule has 0 fully saturated rings. The van der Waals surface area contributed by atoms with Gasteiger partial charge in [0.15, 0.2) is 11.5 Å². The number of carbonyl (C=O) groups is 1. The Balaban J connectivity index is 1.96. The standard InChI is InChI=1S/C22H28N2O3/c1-15-7-5-6-8-18(15)14-24-10-9-17-11-21(26-3)22(27-4)12-19(17)20(24)13-23-16(2)25/h5-8,11-12,20H,9-10,13-14H2,1-4H3,(H,23,25)/p+1/t20-/m0/s1. The summed E-state index contributed by atoms with van der Waals surface area (Å²) >= 11 is 0. The molecule has 2 atom stereocenters. The minimum Gasteiger partial charge on any atom is -0.493 e. The lowest BCUT2D eigenvalue weighted by atomic mass is 9.91. The average molecular weight is 369 g/mol. The molecule has 2 N–H and O–H groups in total. The molecule has 0 saturated heterocycles. The van der Waals surface area contributed by atoms with Crippen molar-refractivity contribution in [3.63, 3.8) is 0 Å². The number of nitrogens with one attached hydrogen (secondary N) is 2. The molecule has 27 heavy (non-hydrogen) atoms. The van der Waals surface area contributed by atoms with Crippen molar-refractivity contribution in [1.29, 1.82) is 0 Å². The van der Waals surface area contributed by atoms with E-state index in [1.807, 2.05) is 0 Å². The van der Waals surface area contributed by atoms with Crippen molar-refractivity contribution in [2.45, 2.75) is 32.9 Å². The summed E-state index contributed by atoms with van der Waals surface area (Å²) in [6.07, 6.45) is 0.980. The largest absolute Gasteiger partial charge is 0.493 e. The van der Waals surface area contributed by atoms with Crippen LogP contribution in [0.15, 0.2) is 36.4 Å². The normalized spacial score (nSPS) is 18.5. The Hall–Kier alpha value is -2.53. The van der Waals surface area contributed by atoms with Crippen LogP contribution in [-0.2, 0) is 17.8 Å². The number of carbonyl (C=O) groups excluding carboxylic acids is 1. The van der Waals surface area contributed by atoms with Gasteiger partial charge in [-0.1, -0.05) is 24.3 Å². The molecule has 5 nitrogen and oxygen atoms in total. The van der Waals surface area contributed by atoms with E-state index in [4.69, 9.17) is 9.47 Å². The van der Waals surface area contributed by atoms with Crippen molar-refractivity contribution in [2.75, 3.05) is 27.3 Å². The summed E-state index contributed by atoms with van der Waals surface area (Å²) in [5, 5.41) is 3.02.